The third-order valence-corrected chi connectivity index (χ3v) is 4.00. The summed E-state index contributed by atoms with van der Waals surface area (Å²) < 4.78 is 0. The second-order valence-corrected chi connectivity index (χ2v) is 5.52. The van der Waals surface area contributed by atoms with Crippen LogP contribution in [0.5, 0.6) is 0 Å². The first-order valence-electron chi connectivity index (χ1n) is 7.28. The minimum atomic E-state index is 0. The van der Waals surface area contributed by atoms with Crippen LogP contribution in [0.1, 0.15) is 24.8 Å². The molecule has 1 saturated heterocycles. The molecule has 0 amide bonds. The van der Waals surface area contributed by atoms with Gasteiger partial charge in [0.2, 0.25) is 0 Å². The van der Waals surface area contributed by atoms with Crippen LogP contribution in [0.2, 0.25) is 0 Å². The van der Waals surface area contributed by atoms with E-state index in [1.165, 1.54) is 57.4 Å². The maximum atomic E-state index is 3.44. The molecule has 0 aliphatic carbocycles. The van der Waals surface area contributed by atoms with Crippen LogP contribution in [0.3, 0.4) is 0 Å². The summed E-state index contributed by atoms with van der Waals surface area (Å²) in [7, 11) is 2.25. The third-order valence-electron chi connectivity index (χ3n) is 4.00. The molecule has 0 radical (unpaired) electrons. The van der Waals surface area contributed by atoms with Crippen molar-refractivity contribution in [3.63, 3.8) is 0 Å². The molecule has 1 heterocycles. The van der Waals surface area contributed by atoms with Gasteiger partial charge in [0, 0.05) is 6.54 Å². The van der Waals surface area contributed by atoms with Crippen LogP contribution < -0.4 is 5.32 Å². The summed E-state index contributed by atoms with van der Waals surface area (Å²) in [4.78, 5) is 2.48. The van der Waals surface area contributed by atoms with Crippen LogP contribution in [0, 0.1) is 5.92 Å². The fraction of sp³-hybridized carbons (Fsp3) is 0.625. The van der Waals surface area contributed by atoms with E-state index in [4.69, 9.17) is 0 Å². The molecule has 0 bridgehead atoms. The highest BCUT2D eigenvalue weighted by atomic mass is 35.5. The van der Waals surface area contributed by atoms with Crippen LogP contribution in [0.4, 0.5) is 0 Å². The molecular weight excluding hydrogens is 256 g/mol. The first kappa shape index (κ1) is 16.5. The zero-order valence-electron chi connectivity index (χ0n) is 12.0. The molecule has 1 aliphatic heterocycles. The van der Waals surface area contributed by atoms with E-state index in [0.717, 1.165) is 5.92 Å². The summed E-state index contributed by atoms with van der Waals surface area (Å²) in [6.45, 7) is 4.86. The Bertz CT molecular complexity index is 323. The number of hydrogen-bond acceptors (Lipinski definition) is 2. The van der Waals surface area contributed by atoms with Gasteiger partial charge in [0.05, 0.1) is 0 Å². The standard InChI is InChI=1S/C16H26N2.ClH/c1-18(13-9-15-5-3-2-4-6-15)14-10-16-7-11-17-12-8-16;/h2-6,16-17H,7-14H2,1H3;1H. The number of hydrogen-bond donors (Lipinski definition) is 1. The molecule has 1 N–H and O–H groups in total. The summed E-state index contributed by atoms with van der Waals surface area (Å²) in [6.07, 6.45) is 5.27. The lowest BCUT2D eigenvalue weighted by molar-refractivity contribution is 0.273. The summed E-state index contributed by atoms with van der Waals surface area (Å²) in [5, 5.41) is 3.44. The van der Waals surface area contributed by atoms with Gasteiger partial charge in [0.1, 0.15) is 0 Å². The molecule has 0 aromatic heterocycles. The molecule has 3 heteroatoms. The van der Waals surface area contributed by atoms with Crippen LogP contribution in [-0.4, -0.2) is 38.1 Å². The van der Waals surface area contributed by atoms with E-state index < -0.39 is 0 Å². The second-order valence-electron chi connectivity index (χ2n) is 5.52. The molecule has 2 rings (SSSR count). The van der Waals surface area contributed by atoms with E-state index in [2.05, 4.69) is 47.6 Å². The summed E-state index contributed by atoms with van der Waals surface area (Å²) in [5.41, 5.74) is 1.45. The van der Waals surface area contributed by atoms with Crippen molar-refractivity contribution in [1.29, 1.82) is 0 Å². The van der Waals surface area contributed by atoms with Crippen molar-refractivity contribution in [2.24, 2.45) is 5.92 Å². The quantitative estimate of drug-likeness (QED) is 0.863. The Labute approximate surface area is 124 Å². The number of nitrogens with one attached hydrogen (secondary N) is 1. The lowest BCUT2D eigenvalue weighted by Crippen LogP contribution is -2.30. The number of rotatable bonds is 6. The predicted molar refractivity (Wildman–Crippen MR) is 85.1 cm³/mol. The Hall–Kier alpha value is -0.570. The third kappa shape index (κ3) is 6.42. The first-order valence-corrected chi connectivity index (χ1v) is 7.28. The molecule has 1 aromatic carbocycles. The van der Waals surface area contributed by atoms with Crippen molar-refractivity contribution in [3.8, 4) is 0 Å². The van der Waals surface area contributed by atoms with E-state index >= 15 is 0 Å². The Balaban J connectivity index is 0.00000180. The van der Waals surface area contributed by atoms with Crippen molar-refractivity contribution >= 4 is 12.4 Å². The minimum absolute atomic E-state index is 0. The highest BCUT2D eigenvalue weighted by Gasteiger charge is 2.13. The molecule has 0 spiro atoms. The predicted octanol–water partition coefficient (Wildman–Crippen LogP) is 2.97. The van der Waals surface area contributed by atoms with E-state index in [1.807, 2.05) is 0 Å². The normalized spacial score (nSPS) is 16.3. The first-order chi connectivity index (χ1) is 8.84. The lowest BCUT2D eigenvalue weighted by atomic mass is 9.94. The van der Waals surface area contributed by atoms with Gasteiger partial charge in [-0.15, -0.1) is 12.4 Å². The topological polar surface area (TPSA) is 15.3 Å². The van der Waals surface area contributed by atoms with Gasteiger partial charge < -0.3 is 10.2 Å². The highest BCUT2D eigenvalue weighted by Crippen LogP contribution is 2.16. The average Bonchev–Trinajstić information content (AvgIpc) is 2.45. The SMILES string of the molecule is CN(CCc1ccccc1)CCC1CCNCC1.Cl. The van der Waals surface area contributed by atoms with Gasteiger partial charge >= 0.3 is 0 Å². The monoisotopic (exact) mass is 282 g/mol. The molecule has 1 aliphatic rings. The molecule has 1 aromatic rings. The van der Waals surface area contributed by atoms with Crippen LogP contribution in [0.25, 0.3) is 0 Å². The van der Waals surface area contributed by atoms with Gasteiger partial charge in [0.25, 0.3) is 0 Å². The Morgan fingerprint density at radius 2 is 1.79 bits per heavy atom. The second kappa shape index (κ2) is 9.35. The van der Waals surface area contributed by atoms with Crippen LogP contribution in [0.15, 0.2) is 30.3 Å². The minimum Gasteiger partial charge on any atom is -0.317 e. The molecule has 1 fully saturated rings. The summed E-state index contributed by atoms with van der Waals surface area (Å²) in [5.74, 6) is 0.949. The van der Waals surface area contributed by atoms with Gasteiger partial charge in [-0.05, 0) is 63.8 Å². The molecule has 19 heavy (non-hydrogen) atoms. The summed E-state index contributed by atoms with van der Waals surface area (Å²) >= 11 is 0. The zero-order chi connectivity index (χ0) is 12.6. The largest absolute Gasteiger partial charge is 0.317 e. The van der Waals surface area contributed by atoms with Gasteiger partial charge in [-0.3, -0.25) is 0 Å². The number of halogens is 1. The van der Waals surface area contributed by atoms with Crippen molar-refractivity contribution in [2.75, 3.05) is 33.2 Å². The average molecular weight is 283 g/mol. The van der Waals surface area contributed by atoms with Gasteiger partial charge in [0.15, 0.2) is 0 Å². The van der Waals surface area contributed by atoms with Gasteiger partial charge in [-0.1, -0.05) is 30.3 Å². The summed E-state index contributed by atoms with van der Waals surface area (Å²) in [6, 6.07) is 10.8. The van der Waals surface area contributed by atoms with Crippen molar-refractivity contribution in [3.05, 3.63) is 35.9 Å². The Morgan fingerprint density at radius 1 is 1.11 bits per heavy atom. The number of piperidine rings is 1. The van der Waals surface area contributed by atoms with Crippen LogP contribution in [-0.2, 0) is 6.42 Å². The lowest BCUT2D eigenvalue weighted by Gasteiger charge is -2.25. The van der Waals surface area contributed by atoms with E-state index in [1.54, 1.807) is 0 Å². The van der Waals surface area contributed by atoms with E-state index in [-0.39, 0.29) is 12.4 Å². The van der Waals surface area contributed by atoms with Gasteiger partial charge in [-0.2, -0.15) is 0 Å². The Kier molecular flexibility index (Phi) is 8.11. The van der Waals surface area contributed by atoms with Crippen molar-refractivity contribution in [1.82, 2.24) is 10.2 Å². The Morgan fingerprint density at radius 3 is 2.47 bits per heavy atom. The zero-order valence-corrected chi connectivity index (χ0v) is 12.8. The highest BCUT2D eigenvalue weighted by molar-refractivity contribution is 5.85. The molecule has 108 valence electrons. The van der Waals surface area contributed by atoms with Crippen LogP contribution >= 0.6 is 12.4 Å². The molecular formula is C16H27ClN2. The maximum absolute atomic E-state index is 3.44. The van der Waals surface area contributed by atoms with Gasteiger partial charge in [-0.25, -0.2) is 0 Å². The number of nitrogens with zero attached hydrogens (tertiary/aromatic N) is 1. The fourth-order valence-electron chi connectivity index (χ4n) is 2.65. The van der Waals surface area contributed by atoms with Crippen molar-refractivity contribution in [2.45, 2.75) is 25.7 Å². The molecule has 2 nitrogen and oxygen atoms in total. The maximum Gasteiger partial charge on any atom is 0.00188 e. The fourth-order valence-corrected chi connectivity index (χ4v) is 2.65. The molecule has 0 atom stereocenters. The number of likely N-dealkylation sites (N-methyl/N-ethyl adjacent to an activating group) is 1. The molecule has 0 unspecified atom stereocenters. The number of benzene rings is 1. The van der Waals surface area contributed by atoms with Crippen molar-refractivity contribution < 1.29 is 0 Å². The van der Waals surface area contributed by atoms with E-state index in [0.29, 0.717) is 0 Å². The molecule has 0 saturated carbocycles. The smallest absolute Gasteiger partial charge is 0.00188 e. The van der Waals surface area contributed by atoms with E-state index in [9.17, 15) is 0 Å².